The summed E-state index contributed by atoms with van der Waals surface area (Å²) in [4.78, 5) is 22.5. The number of carbonyl (C=O) groups excluding carboxylic acids is 1. The number of nitrogens with zero attached hydrogens (tertiary/aromatic N) is 2. The molecule has 1 unspecified atom stereocenters. The highest BCUT2D eigenvalue weighted by Crippen LogP contribution is 2.23. The number of hydrogen-bond acceptors (Lipinski definition) is 5. The van der Waals surface area contributed by atoms with Crippen molar-refractivity contribution in [1.82, 2.24) is 14.9 Å². The predicted octanol–water partition coefficient (Wildman–Crippen LogP) is 3.62. The van der Waals surface area contributed by atoms with E-state index in [-0.39, 0.29) is 5.91 Å². The Morgan fingerprint density at radius 1 is 1.36 bits per heavy atom. The Morgan fingerprint density at radius 2 is 2.14 bits per heavy atom. The second-order valence-corrected chi connectivity index (χ2v) is 7.38. The Labute approximate surface area is 163 Å². The molecule has 4 rings (SSSR count). The van der Waals surface area contributed by atoms with E-state index in [4.69, 9.17) is 4.42 Å². The fourth-order valence-electron chi connectivity index (χ4n) is 3.69. The lowest BCUT2D eigenvalue weighted by molar-refractivity contribution is 0.0995. The van der Waals surface area contributed by atoms with Crippen LogP contribution in [0.3, 0.4) is 0 Å². The van der Waals surface area contributed by atoms with Crippen LogP contribution in [0.15, 0.2) is 28.7 Å². The summed E-state index contributed by atoms with van der Waals surface area (Å²) in [5.41, 5.74) is 3.25. The predicted molar refractivity (Wildman–Crippen MR) is 107 cm³/mol. The van der Waals surface area contributed by atoms with E-state index in [1.54, 1.807) is 19.1 Å². The summed E-state index contributed by atoms with van der Waals surface area (Å²) in [7, 11) is 0. The van der Waals surface area contributed by atoms with Crippen LogP contribution >= 0.6 is 0 Å². The number of aliphatic hydroxyl groups is 1. The van der Waals surface area contributed by atoms with Crippen molar-refractivity contribution in [1.29, 1.82) is 0 Å². The summed E-state index contributed by atoms with van der Waals surface area (Å²) in [6.45, 7) is 6.74. The van der Waals surface area contributed by atoms with Gasteiger partial charge in [0.1, 0.15) is 17.7 Å². The van der Waals surface area contributed by atoms with Crippen molar-refractivity contribution in [2.45, 2.75) is 45.8 Å². The van der Waals surface area contributed by atoms with Crippen molar-refractivity contribution in [3.05, 3.63) is 47.2 Å². The quantitative estimate of drug-likeness (QED) is 0.605. The molecule has 1 aliphatic rings. The number of aliphatic hydroxyl groups excluding tert-OH is 1. The van der Waals surface area contributed by atoms with Crippen LogP contribution in [0.4, 0.5) is 5.69 Å². The molecule has 0 spiro atoms. The highest BCUT2D eigenvalue weighted by Gasteiger charge is 2.20. The van der Waals surface area contributed by atoms with Crippen LogP contribution in [-0.2, 0) is 13.0 Å². The number of aromatic nitrogens is 2. The van der Waals surface area contributed by atoms with Gasteiger partial charge < -0.3 is 19.8 Å². The third-order valence-electron chi connectivity index (χ3n) is 5.19. The van der Waals surface area contributed by atoms with Gasteiger partial charge in [-0.25, -0.2) is 4.98 Å². The lowest BCUT2D eigenvalue weighted by Gasteiger charge is -2.13. The first-order chi connectivity index (χ1) is 13.5. The lowest BCUT2D eigenvalue weighted by Crippen LogP contribution is -2.18. The summed E-state index contributed by atoms with van der Waals surface area (Å²) in [6, 6.07) is 7.28. The third-order valence-corrected chi connectivity index (χ3v) is 5.19. The molecule has 0 aliphatic carbocycles. The first kappa shape index (κ1) is 18.7. The van der Waals surface area contributed by atoms with Gasteiger partial charge in [-0.3, -0.25) is 9.69 Å². The Bertz CT molecular complexity index is 983. The zero-order valence-corrected chi connectivity index (χ0v) is 16.3. The largest absolute Gasteiger partial charge is 0.456 e. The van der Waals surface area contributed by atoms with E-state index in [9.17, 15) is 9.90 Å². The molecule has 7 heteroatoms. The lowest BCUT2D eigenvalue weighted by atomic mass is 10.2. The van der Waals surface area contributed by atoms with Gasteiger partial charge in [-0.1, -0.05) is 6.92 Å². The van der Waals surface area contributed by atoms with Gasteiger partial charge in [0.05, 0.1) is 11.0 Å². The minimum absolute atomic E-state index is 0.267. The maximum Gasteiger partial charge on any atom is 0.291 e. The minimum atomic E-state index is -0.671. The van der Waals surface area contributed by atoms with Crippen molar-refractivity contribution in [3.8, 4) is 0 Å². The Hall–Kier alpha value is -2.64. The van der Waals surface area contributed by atoms with Gasteiger partial charge >= 0.3 is 0 Å². The van der Waals surface area contributed by atoms with Crippen LogP contribution in [0.25, 0.3) is 11.0 Å². The maximum absolute atomic E-state index is 12.7. The van der Waals surface area contributed by atoms with Crippen LogP contribution in [0.5, 0.6) is 0 Å². The van der Waals surface area contributed by atoms with E-state index in [0.29, 0.717) is 17.3 Å². The molecule has 0 radical (unpaired) electrons. The second kappa shape index (κ2) is 7.77. The first-order valence-corrected chi connectivity index (χ1v) is 9.86. The second-order valence-electron chi connectivity index (χ2n) is 7.38. The number of amides is 1. The van der Waals surface area contributed by atoms with Gasteiger partial charge in [0.25, 0.3) is 5.91 Å². The molecule has 1 amide bonds. The summed E-state index contributed by atoms with van der Waals surface area (Å²) >= 11 is 0. The number of furan rings is 1. The molecule has 2 aromatic heterocycles. The fourth-order valence-corrected chi connectivity index (χ4v) is 3.69. The number of fused-ring (bicyclic) bond motifs is 1. The first-order valence-electron chi connectivity index (χ1n) is 9.86. The highest BCUT2D eigenvalue weighted by molar-refractivity contribution is 6.03. The molecule has 0 bridgehead atoms. The van der Waals surface area contributed by atoms with E-state index in [2.05, 4.69) is 20.2 Å². The topological polar surface area (TPSA) is 94.4 Å². The molecule has 1 aromatic carbocycles. The molecular weight excluding hydrogens is 356 g/mol. The monoisotopic (exact) mass is 382 g/mol. The van der Waals surface area contributed by atoms with Gasteiger partial charge in [0.15, 0.2) is 5.76 Å². The molecule has 28 heavy (non-hydrogen) atoms. The molecule has 3 N–H and O–H groups in total. The van der Waals surface area contributed by atoms with E-state index >= 15 is 0 Å². The molecule has 7 nitrogen and oxygen atoms in total. The average molecular weight is 382 g/mol. The Morgan fingerprint density at radius 3 is 2.86 bits per heavy atom. The summed E-state index contributed by atoms with van der Waals surface area (Å²) in [5.74, 6) is 1.45. The van der Waals surface area contributed by atoms with Crippen LogP contribution in [0.2, 0.25) is 0 Å². The van der Waals surface area contributed by atoms with Gasteiger partial charge in [-0.05, 0) is 57.1 Å². The molecular formula is C21H26N4O3. The van der Waals surface area contributed by atoms with Crippen LogP contribution < -0.4 is 5.32 Å². The highest BCUT2D eigenvalue weighted by atomic mass is 16.4. The average Bonchev–Trinajstić information content (AvgIpc) is 3.40. The number of hydrogen-bond donors (Lipinski definition) is 3. The molecule has 0 saturated carbocycles. The van der Waals surface area contributed by atoms with Gasteiger partial charge in [0.2, 0.25) is 0 Å². The van der Waals surface area contributed by atoms with Crippen molar-refractivity contribution in [2.75, 3.05) is 18.4 Å². The summed E-state index contributed by atoms with van der Waals surface area (Å²) in [6.07, 6.45) is 2.56. The van der Waals surface area contributed by atoms with Crippen LogP contribution in [-0.4, -0.2) is 39.0 Å². The SMILES string of the molecule is CCc1oc(C(=O)Nc2ccc3nc(C(C)O)[nH]c3c2)cc1CN1CCCC1. The zero-order chi connectivity index (χ0) is 19.7. The number of imidazole rings is 1. The molecule has 148 valence electrons. The normalized spacial score (nSPS) is 16.0. The molecule has 3 heterocycles. The molecule has 1 atom stereocenters. The van der Waals surface area contributed by atoms with Crippen molar-refractivity contribution >= 4 is 22.6 Å². The number of benzene rings is 1. The van der Waals surface area contributed by atoms with Gasteiger partial charge in [-0.15, -0.1) is 0 Å². The standard InChI is InChI=1S/C21H26N4O3/c1-3-18-14(12-25-8-4-5-9-25)10-19(28-18)21(27)22-15-6-7-16-17(11-15)24-20(23-16)13(2)26/h6-7,10-11,13,26H,3-5,8-9,12H2,1-2H3,(H,22,27)(H,23,24). The minimum Gasteiger partial charge on any atom is -0.456 e. The number of carbonyl (C=O) groups is 1. The maximum atomic E-state index is 12.7. The van der Waals surface area contributed by atoms with Crippen molar-refractivity contribution in [3.63, 3.8) is 0 Å². The van der Waals surface area contributed by atoms with Gasteiger partial charge in [0, 0.05) is 24.2 Å². The van der Waals surface area contributed by atoms with E-state index in [0.717, 1.165) is 48.4 Å². The number of anilines is 1. The molecule has 3 aromatic rings. The number of likely N-dealkylation sites (tertiary alicyclic amines) is 1. The number of aryl methyl sites for hydroxylation is 1. The van der Waals surface area contributed by atoms with Crippen LogP contribution in [0, 0.1) is 0 Å². The van der Waals surface area contributed by atoms with Crippen LogP contribution in [0.1, 0.15) is 60.5 Å². The molecule has 1 aliphatic heterocycles. The smallest absolute Gasteiger partial charge is 0.291 e. The Balaban J connectivity index is 1.51. The molecule has 1 fully saturated rings. The van der Waals surface area contributed by atoms with E-state index in [1.807, 2.05) is 19.1 Å². The van der Waals surface area contributed by atoms with Crippen molar-refractivity contribution in [2.24, 2.45) is 0 Å². The zero-order valence-electron chi connectivity index (χ0n) is 16.3. The van der Waals surface area contributed by atoms with E-state index in [1.165, 1.54) is 12.8 Å². The number of H-pyrrole nitrogens is 1. The third kappa shape index (κ3) is 3.81. The van der Waals surface area contributed by atoms with E-state index < -0.39 is 6.10 Å². The number of nitrogens with one attached hydrogen (secondary N) is 2. The Kier molecular flexibility index (Phi) is 5.19. The summed E-state index contributed by atoms with van der Waals surface area (Å²) < 4.78 is 5.84. The number of aromatic amines is 1. The summed E-state index contributed by atoms with van der Waals surface area (Å²) in [5, 5.41) is 12.6. The number of rotatable bonds is 6. The van der Waals surface area contributed by atoms with Gasteiger partial charge in [-0.2, -0.15) is 0 Å². The van der Waals surface area contributed by atoms with Crippen molar-refractivity contribution < 1.29 is 14.3 Å². The molecule has 1 saturated heterocycles. The fraction of sp³-hybridized carbons (Fsp3) is 0.429.